The van der Waals surface area contributed by atoms with Gasteiger partial charge < -0.3 is 14.5 Å². The molecule has 8 heteroatoms. The third kappa shape index (κ3) is 4.97. The minimum absolute atomic E-state index is 0.0256. The molecular weight excluding hydrogens is 414 g/mol. The average Bonchev–Trinajstić information content (AvgIpc) is 3.15. The quantitative estimate of drug-likeness (QED) is 0.683. The van der Waals surface area contributed by atoms with Crippen molar-refractivity contribution in [1.82, 2.24) is 14.7 Å². The monoisotopic (exact) mass is 441 g/mol. The fourth-order valence-electron chi connectivity index (χ4n) is 4.00. The molecule has 0 radical (unpaired) electrons. The highest BCUT2D eigenvalue weighted by molar-refractivity contribution is 7.15. The highest BCUT2D eigenvalue weighted by Gasteiger charge is 2.24. The van der Waals surface area contributed by atoms with Crippen molar-refractivity contribution in [2.75, 3.05) is 39.3 Å². The number of benzene rings is 1. The van der Waals surface area contributed by atoms with Crippen LogP contribution in [-0.2, 0) is 17.9 Å². The van der Waals surface area contributed by atoms with Crippen LogP contribution in [0.15, 0.2) is 30.3 Å². The maximum atomic E-state index is 13.0. The lowest BCUT2D eigenvalue weighted by atomic mass is 10.1. The van der Waals surface area contributed by atoms with E-state index in [0.29, 0.717) is 29.5 Å². The van der Waals surface area contributed by atoms with Crippen LogP contribution in [0.5, 0.6) is 5.75 Å². The molecule has 0 aliphatic carbocycles. The van der Waals surface area contributed by atoms with Gasteiger partial charge in [0.25, 0.3) is 5.91 Å². The molecule has 1 aromatic heterocycles. The van der Waals surface area contributed by atoms with E-state index in [9.17, 15) is 14.4 Å². The molecule has 0 spiro atoms. The Bertz CT molecular complexity index is 994. The molecule has 0 unspecified atom stereocenters. The van der Waals surface area contributed by atoms with Crippen LogP contribution >= 0.6 is 11.3 Å². The van der Waals surface area contributed by atoms with E-state index < -0.39 is 0 Å². The predicted octanol–water partition coefficient (Wildman–Crippen LogP) is 2.65. The zero-order chi connectivity index (χ0) is 22.0. The lowest BCUT2D eigenvalue weighted by Gasteiger charge is -2.34. The van der Waals surface area contributed by atoms with Crippen LogP contribution in [-0.4, -0.2) is 71.6 Å². The smallest absolute Gasteiger partial charge is 0.264 e. The maximum absolute atomic E-state index is 13.0. The molecule has 1 fully saturated rings. The Morgan fingerprint density at radius 2 is 1.68 bits per heavy atom. The molecule has 7 nitrogen and oxygen atoms in total. The first-order valence-electron chi connectivity index (χ1n) is 10.5. The minimum Gasteiger partial charge on any atom is -0.491 e. The lowest BCUT2D eigenvalue weighted by molar-refractivity contribution is -0.130. The number of nitrogens with zero attached hydrogens (tertiary/aromatic N) is 3. The van der Waals surface area contributed by atoms with E-state index in [1.165, 1.54) is 23.8 Å². The second-order valence-electron chi connectivity index (χ2n) is 8.02. The number of fused-ring (bicyclic) bond motifs is 1. The summed E-state index contributed by atoms with van der Waals surface area (Å²) in [5.74, 6) is 0.853. The van der Waals surface area contributed by atoms with Gasteiger partial charge in [0.2, 0.25) is 5.91 Å². The number of hydrogen-bond acceptors (Lipinski definition) is 6. The highest BCUT2D eigenvalue weighted by atomic mass is 32.1. The number of carbonyl (C=O) groups excluding carboxylic acids is 3. The van der Waals surface area contributed by atoms with Gasteiger partial charge >= 0.3 is 0 Å². The number of hydrogen-bond donors (Lipinski definition) is 0. The number of ketones is 1. The van der Waals surface area contributed by atoms with Gasteiger partial charge in [0.1, 0.15) is 12.4 Å². The zero-order valence-corrected chi connectivity index (χ0v) is 18.7. The molecule has 31 heavy (non-hydrogen) atoms. The van der Waals surface area contributed by atoms with E-state index in [-0.39, 0.29) is 17.6 Å². The van der Waals surface area contributed by atoms with Gasteiger partial charge in [-0.05, 0) is 36.8 Å². The van der Waals surface area contributed by atoms with Crippen molar-refractivity contribution >= 4 is 28.9 Å². The van der Waals surface area contributed by atoms with E-state index in [4.69, 9.17) is 4.74 Å². The van der Waals surface area contributed by atoms with Gasteiger partial charge in [-0.2, -0.15) is 0 Å². The number of carbonyl (C=O) groups is 3. The van der Waals surface area contributed by atoms with Crippen LogP contribution in [0.1, 0.15) is 44.3 Å². The van der Waals surface area contributed by atoms with E-state index in [2.05, 4.69) is 17.0 Å². The summed E-state index contributed by atoms with van der Waals surface area (Å²) in [4.78, 5) is 43.3. The number of thiophene rings is 1. The molecule has 2 aliphatic rings. The third-order valence-electron chi connectivity index (χ3n) is 5.78. The summed E-state index contributed by atoms with van der Waals surface area (Å²) in [6.07, 6.45) is 0. The molecule has 2 aliphatic heterocycles. The van der Waals surface area contributed by atoms with Crippen LogP contribution in [0, 0.1) is 0 Å². The fourth-order valence-corrected chi connectivity index (χ4v) is 4.87. The Kier molecular flexibility index (Phi) is 6.38. The van der Waals surface area contributed by atoms with Crippen molar-refractivity contribution in [3.05, 3.63) is 51.2 Å². The van der Waals surface area contributed by atoms with Crippen LogP contribution in [0.3, 0.4) is 0 Å². The van der Waals surface area contributed by atoms with Crippen LogP contribution in [0.4, 0.5) is 0 Å². The summed E-state index contributed by atoms with van der Waals surface area (Å²) in [5, 5.41) is 0. The van der Waals surface area contributed by atoms with Gasteiger partial charge in [0, 0.05) is 51.8 Å². The summed E-state index contributed by atoms with van der Waals surface area (Å²) < 4.78 is 5.89. The Balaban J connectivity index is 1.44. The van der Waals surface area contributed by atoms with Crippen molar-refractivity contribution in [2.24, 2.45) is 0 Å². The van der Waals surface area contributed by atoms with Crippen molar-refractivity contribution in [2.45, 2.75) is 26.9 Å². The molecule has 1 aromatic carbocycles. The molecule has 0 saturated carbocycles. The summed E-state index contributed by atoms with van der Waals surface area (Å²) in [7, 11) is 0. The molecule has 1 saturated heterocycles. The molecule has 0 atom stereocenters. The minimum atomic E-state index is -0.0697. The largest absolute Gasteiger partial charge is 0.491 e. The van der Waals surface area contributed by atoms with Crippen LogP contribution in [0.25, 0.3) is 0 Å². The Morgan fingerprint density at radius 1 is 0.935 bits per heavy atom. The van der Waals surface area contributed by atoms with E-state index >= 15 is 0 Å². The second kappa shape index (κ2) is 9.20. The SMILES string of the molecule is CC(=O)c1ccc(C(=O)N2CCOc3ccc(CN4CCN(C(C)=O)CC4)cc3C2)s1. The van der Waals surface area contributed by atoms with Crippen molar-refractivity contribution in [1.29, 1.82) is 0 Å². The first-order valence-corrected chi connectivity index (χ1v) is 11.3. The summed E-state index contributed by atoms with van der Waals surface area (Å²) in [6, 6.07) is 9.63. The van der Waals surface area contributed by atoms with Crippen molar-refractivity contribution in [3.8, 4) is 5.75 Å². The number of amides is 2. The van der Waals surface area contributed by atoms with Gasteiger partial charge in [-0.25, -0.2) is 0 Å². The molecular formula is C23H27N3O4S. The van der Waals surface area contributed by atoms with Gasteiger partial charge in [-0.15, -0.1) is 11.3 Å². The highest BCUT2D eigenvalue weighted by Crippen LogP contribution is 2.27. The van der Waals surface area contributed by atoms with Crippen molar-refractivity contribution < 1.29 is 19.1 Å². The Morgan fingerprint density at radius 3 is 2.35 bits per heavy atom. The maximum Gasteiger partial charge on any atom is 0.264 e. The van der Waals surface area contributed by atoms with Gasteiger partial charge in [0.15, 0.2) is 5.78 Å². The molecule has 0 N–H and O–H groups in total. The molecule has 4 rings (SSSR count). The number of Topliss-reactive ketones (excluding diaryl/α,β-unsaturated/α-hetero) is 1. The van der Waals surface area contributed by atoms with Crippen LogP contribution in [0.2, 0.25) is 0 Å². The lowest BCUT2D eigenvalue weighted by Crippen LogP contribution is -2.47. The number of ether oxygens (including phenoxy) is 1. The molecule has 3 heterocycles. The summed E-state index contributed by atoms with van der Waals surface area (Å²) >= 11 is 1.24. The first kappa shape index (κ1) is 21.5. The van der Waals surface area contributed by atoms with E-state index in [1.807, 2.05) is 11.0 Å². The molecule has 0 bridgehead atoms. The first-order chi connectivity index (χ1) is 14.9. The average molecular weight is 442 g/mol. The Hall–Kier alpha value is -2.71. The normalized spacial score (nSPS) is 17.0. The van der Waals surface area contributed by atoms with Crippen molar-refractivity contribution in [3.63, 3.8) is 0 Å². The van der Waals surface area contributed by atoms with Gasteiger partial charge in [0.05, 0.1) is 16.3 Å². The molecule has 2 amide bonds. The fraction of sp³-hybridized carbons (Fsp3) is 0.435. The Labute approximate surface area is 186 Å². The summed E-state index contributed by atoms with van der Waals surface area (Å²) in [5.41, 5.74) is 2.16. The summed E-state index contributed by atoms with van der Waals surface area (Å²) in [6.45, 7) is 8.59. The van der Waals surface area contributed by atoms with E-state index in [0.717, 1.165) is 44.0 Å². The number of piperazine rings is 1. The standard InChI is InChI=1S/C23H27N3O4S/c1-16(27)21-5-6-22(31-21)23(29)26-11-12-30-20-4-3-18(13-19(20)15-26)14-24-7-9-25(10-8-24)17(2)28/h3-6,13H,7-12,14-15H2,1-2H3. The molecule has 2 aromatic rings. The van der Waals surface area contributed by atoms with Crippen LogP contribution < -0.4 is 4.74 Å². The second-order valence-corrected chi connectivity index (χ2v) is 9.10. The predicted molar refractivity (Wildman–Crippen MR) is 119 cm³/mol. The van der Waals surface area contributed by atoms with Gasteiger partial charge in [-0.1, -0.05) is 6.07 Å². The third-order valence-corrected chi connectivity index (χ3v) is 6.95. The van der Waals surface area contributed by atoms with E-state index in [1.54, 1.807) is 24.0 Å². The van der Waals surface area contributed by atoms with Gasteiger partial charge in [-0.3, -0.25) is 19.3 Å². The number of rotatable bonds is 4. The zero-order valence-electron chi connectivity index (χ0n) is 17.9. The topological polar surface area (TPSA) is 70.2 Å². The molecule has 164 valence electrons.